The molecule has 3 heteroatoms. The van der Waals surface area contributed by atoms with Crippen LogP contribution in [0.3, 0.4) is 0 Å². The second kappa shape index (κ2) is 6.03. The first kappa shape index (κ1) is 14.0. The third-order valence-corrected chi connectivity index (χ3v) is 2.66. The molecule has 0 bridgehead atoms. The molecule has 0 aromatic heterocycles. The number of rotatable bonds is 6. The molecule has 1 rings (SSSR count). The first-order valence-electron chi connectivity index (χ1n) is 6.06. The van der Waals surface area contributed by atoms with E-state index in [0.717, 1.165) is 11.3 Å². The molecule has 1 aromatic rings. The van der Waals surface area contributed by atoms with Crippen LogP contribution >= 0.6 is 0 Å². The Balaban J connectivity index is 2.87. The monoisotopic (exact) mass is 238 g/mol. The van der Waals surface area contributed by atoms with Crippen LogP contribution in [0.4, 0.5) is 0 Å². The second-order valence-corrected chi connectivity index (χ2v) is 4.44. The van der Waals surface area contributed by atoms with Crippen molar-refractivity contribution in [3.63, 3.8) is 0 Å². The van der Waals surface area contributed by atoms with Gasteiger partial charge in [0, 0.05) is 6.61 Å². The van der Waals surface area contributed by atoms with E-state index in [1.54, 1.807) is 0 Å². The van der Waals surface area contributed by atoms with Gasteiger partial charge >= 0.3 is 0 Å². The smallest absolute Gasteiger partial charge is 0.119 e. The van der Waals surface area contributed by atoms with Crippen molar-refractivity contribution in [1.82, 2.24) is 0 Å². The second-order valence-electron chi connectivity index (χ2n) is 4.44. The fourth-order valence-electron chi connectivity index (χ4n) is 1.79. The van der Waals surface area contributed by atoms with E-state index >= 15 is 0 Å². The molecule has 1 N–H and O–H groups in total. The van der Waals surface area contributed by atoms with Crippen molar-refractivity contribution < 1.29 is 14.6 Å². The molecule has 1 aromatic carbocycles. The SMILES string of the molecule is CCOc1cccc(C(O)C(C)(C)OCC)c1. The van der Waals surface area contributed by atoms with Gasteiger partial charge in [0.05, 0.1) is 12.2 Å². The minimum Gasteiger partial charge on any atom is -0.494 e. The summed E-state index contributed by atoms with van der Waals surface area (Å²) in [5, 5.41) is 10.3. The fraction of sp³-hybridized carbons (Fsp3) is 0.571. The summed E-state index contributed by atoms with van der Waals surface area (Å²) in [6.07, 6.45) is -0.664. The first-order chi connectivity index (χ1) is 8.01. The van der Waals surface area contributed by atoms with Crippen molar-refractivity contribution in [1.29, 1.82) is 0 Å². The summed E-state index contributed by atoms with van der Waals surface area (Å²) in [5.41, 5.74) is 0.217. The Morgan fingerprint density at radius 2 is 1.94 bits per heavy atom. The third-order valence-electron chi connectivity index (χ3n) is 2.66. The Morgan fingerprint density at radius 1 is 1.24 bits per heavy atom. The largest absolute Gasteiger partial charge is 0.494 e. The van der Waals surface area contributed by atoms with Crippen LogP contribution in [-0.4, -0.2) is 23.9 Å². The lowest BCUT2D eigenvalue weighted by Crippen LogP contribution is -2.32. The fourth-order valence-corrected chi connectivity index (χ4v) is 1.79. The highest BCUT2D eigenvalue weighted by Gasteiger charge is 2.29. The lowest BCUT2D eigenvalue weighted by molar-refractivity contribution is -0.0983. The van der Waals surface area contributed by atoms with Gasteiger partial charge in [-0.3, -0.25) is 0 Å². The Labute approximate surface area is 103 Å². The van der Waals surface area contributed by atoms with Crippen molar-refractivity contribution in [3.8, 4) is 5.75 Å². The summed E-state index contributed by atoms with van der Waals surface area (Å²) in [6.45, 7) is 8.82. The Bertz CT molecular complexity index is 347. The quantitative estimate of drug-likeness (QED) is 0.828. The number of ether oxygens (including phenoxy) is 2. The van der Waals surface area contributed by atoms with Crippen LogP contribution in [0.1, 0.15) is 39.4 Å². The molecule has 96 valence electrons. The zero-order valence-corrected chi connectivity index (χ0v) is 11.1. The van der Waals surface area contributed by atoms with E-state index in [-0.39, 0.29) is 0 Å². The Morgan fingerprint density at radius 3 is 2.53 bits per heavy atom. The molecule has 0 saturated carbocycles. The predicted molar refractivity (Wildman–Crippen MR) is 68.3 cm³/mol. The maximum Gasteiger partial charge on any atom is 0.119 e. The van der Waals surface area contributed by atoms with E-state index in [1.165, 1.54) is 0 Å². The van der Waals surface area contributed by atoms with Gasteiger partial charge in [0.2, 0.25) is 0 Å². The van der Waals surface area contributed by atoms with Crippen molar-refractivity contribution in [3.05, 3.63) is 29.8 Å². The number of benzene rings is 1. The van der Waals surface area contributed by atoms with Crippen LogP contribution in [0, 0.1) is 0 Å². The topological polar surface area (TPSA) is 38.7 Å². The zero-order chi connectivity index (χ0) is 12.9. The van der Waals surface area contributed by atoms with Gasteiger partial charge in [-0.05, 0) is 45.4 Å². The van der Waals surface area contributed by atoms with Gasteiger partial charge in [-0.15, -0.1) is 0 Å². The molecular formula is C14H22O3. The van der Waals surface area contributed by atoms with Gasteiger partial charge in [-0.1, -0.05) is 12.1 Å². The average molecular weight is 238 g/mol. The number of hydrogen-bond acceptors (Lipinski definition) is 3. The summed E-state index contributed by atoms with van der Waals surface area (Å²) < 4.78 is 11.0. The van der Waals surface area contributed by atoms with Crippen LogP contribution < -0.4 is 4.74 Å². The van der Waals surface area contributed by atoms with Crippen LogP contribution in [0.25, 0.3) is 0 Å². The summed E-state index contributed by atoms with van der Waals surface area (Å²) in [5.74, 6) is 0.774. The zero-order valence-electron chi connectivity index (χ0n) is 11.1. The Hall–Kier alpha value is -1.06. The van der Waals surface area contributed by atoms with Gasteiger partial charge in [0.1, 0.15) is 11.9 Å². The molecule has 0 aliphatic rings. The van der Waals surface area contributed by atoms with Crippen molar-refractivity contribution in [2.75, 3.05) is 13.2 Å². The predicted octanol–water partition coefficient (Wildman–Crippen LogP) is 2.93. The van der Waals surface area contributed by atoms with Crippen molar-refractivity contribution in [2.45, 2.75) is 39.4 Å². The molecule has 0 fully saturated rings. The molecule has 0 aliphatic heterocycles. The standard InChI is InChI=1S/C14H22O3/c1-5-16-12-9-7-8-11(10-12)13(15)14(3,4)17-6-2/h7-10,13,15H,5-6H2,1-4H3. The number of aliphatic hydroxyl groups is 1. The highest BCUT2D eigenvalue weighted by atomic mass is 16.5. The molecule has 0 amide bonds. The van der Waals surface area contributed by atoms with E-state index in [2.05, 4.69) is 0 Å². The van der Waals surface area contributed by atoms with Crippen LogP contribution in [-0.2, 0) is 4.74 Å². The minimum atomic E-state index is -0.664. The first-order valence-corrected chi connectivity index (χ1v) is 6.06. The molecule has 17 heavy (non-hydrogen) atoms. The maximum atomic E-state index is 10.3. The highest BCUT2D eigenvalue weighted by molar-refractivity contribution is 5.31. The van der Waals surface area contributed by atoms with Gasteiger partial charge in [-0.2, -0.15) is 0 Å². The molecule has 1 atom stereocenters. The molecule has 0 heterocycles. The van der Waals surface area contributed by atoms with E-state index < -0.39 is 11.7 Å². The normalized spacial score (nSPS) is 13.5. The summed E-state index contributed by atoms with van der Waals surface area (Å²) in [7, 11) is 0. The van der Waals surface area contributed by atoms with Gasteiger partial charge in [0.15, 0.2) is 0 Å². The van der Waals surface area contributed by atoms with Crippen LogP contribution in [0.2, 0.25) is 0 Å². The maximum absolute atomic E-state index is 10.3. The average Bonchev–Trinajstić information content (AvgIpc) is 2.29. The summed E-state index contributed by atoms with van der Waals surface area (Å²) in [6, 6.07) is 7.50. The molecule has 0 aliphatic carbocycles. The summed E-state index contributed by atoms with van der Waals surface area (Å²) in [4.78, 5) is 0. The van der Waals surface area contributed by atoms with Gasteiger partial charge < -0.3 is 14.6 Å². The van der Waals surface area contributed by atoms with Gasteiger partial charge in [-0.25, -0.2) is 0 Å². The Kier molecular flexibility index (Phi) is 4.97. The van der Waals surface area contributed by atoms with Crippen LogP contribution in [0.5, 0.6) is 5.75 Å². The van der Waals surface area contributed by atoms with E-state index in [1.807, 2.05) is 52.0 Å². The molecule has 0 saturated heterocycles. The molecule has 0 radical (unpaired) electrons. The number of hydrogen-bond donors (Lipinski definition) is 1. The van der Waals surface area contributed by atoms with E-state index in [4.69, 9.17) is 9.47 Å². The van der Waals surface area contributed by atoms with Crippen LogP contribution in [0.15, 0.2) is 24.3 Å². The highest BCUT2D eigenvalue weighted by Crippen LogP contribution is 2.30. The van der Waals surface area contributed by atoms with Crippen molar-refractivity contribution in [2.24, 2.45) is 0 Å². The van der Waals surface area contributed by atoms with Gasteiger partial charge in [0.25, 0.3) is 0 Å². The molecular weight excluding hydrogens is 216 g/mol. The number of aliphatic hydroxyl groups excluding tert-OH is 1. The minimum absolute atomic E-state index is 0.579. The molecule has 3 nitrogen and oxygen atoms in total. The summed E-state index contributed by atoms with van der Waals surface area (Å²) >= 11 is 0. The molecule has 0 spiro atoms. The lowest BCUT2D eigenvalue weighted by Gasteiger charge is -2.30. The lowest BCUT2D eigenvalue weighted by atomic mass is 9.94. The molecule has 1 unspecified atom stereocenters. The van der Waals surface area contributed by atoms with E-state index in [0.29, 0.717) is 13.2 Å². The van der Waals surface area contributed by atoms with Crippen molar-refractivity contribution >= 4 is 0 Å². The van der Waals surface area contributed by atoms with E-state index in [9.17, 15) is 5.11 Å². The third kappa shape index (κ3) is 3.72.